The van der Waals surface area contributed by atoms with E-state index in [-0.39, 0.29) is 11.6 Å². The van der Waals surface area contributed by atoms with E-state index in [9.17, 15) is 9.59 Å². The van der Waals surface area contributed by atoms with E-state index in [0.29, 0.717) is 0 Å². The van der Waals surface area contributed by atoms with Crippen molar-refractivity contribution in [1.82, 2.24) is 15.1 Å². The number of rotatable bonds is 5. The molecule has 0 spiro atoms. The molecule has 0 aliphatic rings. The number of hydrogen-bond donors (Lipinski definition) is 2. The Bertz CT molecular complexity index is 677. The van der Waals surface area contributed by atoms with Crippen molar-refractivity contribution in [1.29, 1.82) is 0 Å². The summed E-state index contributed by atoms with van der Waals surface area (Å²) in [5.74, 6) is -1.75. The van der Waals surface area contributed by atoms with Crippen molar-refractivity contribution in [2.24, 2.45) is 5.92 Å². The molecule has 2 rings (SSSR count). The van der Waals surface area contributed by atoms with Crippen LogP contribution in [0.2, 0.25) is 0 Å². The van der Waals surface area contributed by atoms with Crippen molar-refractivity contribution in [2.45, 2.75) is 26.8 Å². The Kier molecular flexibility index (Phi) is 4.60. The average molecular weight is 301 g/mol. The van der Waals surface area contributed by atoms with Crippen molar-refractivity contribution in [3.05, 3.63) is 47.8 Å². The number of hydrogen-bond acceptors (Lipinski definition) is 3. The van der Waals surface area contributed by atoms with Gasteiger partial charge in [0.25, 0.3) is 5.91 Å². The molecule has 0 aliphatic heterocycles. The largest absolute Gasteiger partial charge is 0.480 e. The molecule has 1 heterocycles. The van der Waals surface area contributed by atoms with Crippen molar-refractivity contribution < 1.29 is 14.7 Å². The Morgan fingerprint density at radius 3 is 2.41 bits per heavy atom. The van der Waals surface area contributed by atoms with Gasteiger partial charge >= 0.3 is 5.97 Å². The first kappa shape index (κ1) is 15.8. The third-order valence-electron chi connectivity index (χ3n) is 3.34. The molecule has 0 bridgehead atoms. The fourth-order valence-corrected chi connectivity index (χ4v) is 2.14. The Hall–Kier alpha value is -2.63. The molecule has 0 saturated heterocycles. The van der Waals surface area contributed by atoms with Gasteiger partial charge in [-0.25, -0.2) is 9.48 Å². The smallest absolute Gasteiger partial charge is 0.326 e. The Labute approximate surface area is 128 Å². The van der Waals surface area contributed by atoms with Crippen molar-refractivity contribution >= 4 is 11.9 Å². The molecule has 2 N–H and O–H groups in total. The Balaban J connectivity index is 2.23. The molecule has 0 aliphatic carbocycles. The summed E-state index contributed by atoms with van der Waals surface area (Å²) in [5, 5.41) is 15.9. The zero-order chi connectivity index (χ0) is 16.3. The number of nitrogens with one attached hydrogen (secondary N) is 1. The lowest BCUT2D eigenvalue weighted by atomic mass is 10.0. The minimum atomic E-state index is -1.05. The molecular formula is C16H19N3O3. The molecule has 1 aromatic carbocycles. The number of carboxylic acid groups (broad SMARTS) is 1. The highest BCUT2D eigenvalue weighted by Gasteiger charge is 2.25. The van der Waals surface area contributed by atoms with E-state index in [0.717, 1.165) is 11.4 Å². The Morgan fingerprint density at radius 2 is 1.86 bits per heavy atom. The first-order valence-corrected chi connectivity index (χ1v) is 7.06. The molecule has 116 valence electrons. The van der Waals surface area contributed by atoms with Gasteiger partial charge in [0, 0.05) is 5.69 Å². The predicted molar refractivity (Wildman–Crippen MR) is 82.0 cm³/mol. The van der Waals surface area contributed by atoms with Crippen LogP contribution in [0.1, 0.15) is 30.0 Å². The van der Waals surface area contributed by atoms with E-state index >= 15 is 0 Å². The van der Waals surface area contributed by atoms with Crippen LogP contribution in [-0.2, 0) is 4.79 Å². The molecule has 6 nitrogen and oxygen atoms in total. The number of aromatic nitrogens is 2. The summed E-state index contributed by atoms with van der Waals surface area (Å²) in [7, 11) is 0. The second-order valence-corrected chi connectivity index (χ2v) is 5.45. The predicted octanol–water partition coefficient (Wildman–Crippen LogP) is 2.02. The van der Waals surface area contributed by atoms with Gasteiger partial charge in [0.1, 0.15) is 6.04 Å². The lowest BCUT2D eigenvalue weighted by Crippen LogP contribution is -2.44. The highest BCUT2D eigenvalue weighted by Crippen LogP contribution is 2.12. The zero-order valence-electron chi connectivity index (χ0n) is 12.8. The van der Waals surface area contributed by atoms with Crippen LogP contribution in [0, 0.1) is 12.8 Å². The van der Waals surface area contributed by atoms with Gasteiger partial charge in [-0.3, -0.25) is 4.79 Å². The molecule has 2 aromatic rings. The molecule has 6 heteroatoms. The maximum absolute atomic E-state index is 12.2. The molecule has 0 unspecified atom stereocenters. The number of carbonyl (C=O) groups is 2. The van der Waals surface area contributed by atoms with Crippen LogP contribution < -0.4 is 5.32 Å². The molecule has 1 aromatic heterocycles. The molecule has 0 saturated carbocycles. The number of nitrogens with zero attached hydrogens (tertiary/aromatic N) is 2. The summed E-state index contributed by atoms with van der Waals surface area (Å²) in [5.41, 5.74) is 1.85. The molecule has 1 atom stereocenters. The highest BCUT2D eigenvalue weighted by molar-refractivity contribution is 5.95. The number of aliphatic carboxylic acids is 1. The number of amides is 1. The van der Waals surface area contributed by atoms with Gasteiger partial charge in [0.2, 0.25) is 0 Å². The van der Waals surface area contributed by atoms with Crippen molar-refractivity contribution in [3.8, 4) is 5.69 Å². The zero-order valence-corrected chi connectivity index (χ0v) is 12.8. The van der Waals surface area contributed by atoms with Crippen LogP contribution in [0.4, 0.5) is 0 Å². The molecule has 22 heavy (non-hydrogen) atoms. The van der Waals surface area contributed by atoms with Crippen molar-refractivity contribution in [2.75, 3.05) is 0 Å². The van der Waals surface area contributed by atoms with Gasteiger partial charge < -0.3 is 10.4 Å². The van der Waals surface area contributed by atoms with Gasteiger partial charge in [0.05, 0.1) is 5.69 Å². The van der Waals surface area contributed by atoms with E-state index < -0.39 is 17.9 Å². The van der Waals surface area contributed by atoms with E-state index in [1.165, 1.54) is 0 Å². The van der Waals surface area contributed by atoms with Crippen LogP contribution >= 0.6 is 0 Å². The topological polar surface area (TPSA) is 84.2 Å². The van der Waals surface area contributed by atoms with E-state index in [1.54, 1.807) is 24.6 Å². The number of aryl methyl sites for hydroxylation is 1. The summed E-state index contributed by atoms with van der Waals surface area (Å²) in [6.07, 6.45) is 0. The summed E-state index contributed by atoms with van der Waals surface area (Å²) in [6, 6.07) is 10.1. The second kappa shape index (κ2) is 6.43. The van der Waals surface area contributed by atoms with E-state index in [4.69, 9.17) is 5.11 Å². The molecule has 1 amide bonds. The third kappa shape index (κ3) is 3.33. The first-order chi connectivity index (χ1) is 10.4. The normalized spacial score (nSPS) is 12.2. The molecular weight excluding hydrogens is 282 g/mol. The quantitative estimate of drug-likeness (QED) is 0.885. The summed E-state index contributed by atoms with van der Waals surface area (Å²) in [4.78, 5) is 23.4. The van der Waals surface area contributed by atoms with E-state index in [1.807, 2.05) is 37.3 Å². The SMILES string of the molecule is Cc1cc(C(=O)N[C@H](C(=O)O)C(C)C)nn1-c1ccccc1. The van der Waals surface area contributed by atoms with E-state index in [2.05, 4.69) is 10.4 Å². The minimum absolute atomic E-state index is 0.202. The Morgan fingerprint density at radius 1 is 1.23 bits per heavy atom. The molecule has 0 radical (unpaired) electrons. The van der Waals surface area contributed by atoms with Crippen LogP contribution in [-0.4, -0.2) is 32.8 Å². The number of carbonyl (C=O) groups excluding carboxylic acids is 1. The lowest BCUT2D eigenvalue weighted by molar-refractivity contribution is -0.140. The standard InChI is InChI=1S/C16H19N3O3/c1-10(2)14(16(21)22)17-15(20)13-9-11(3)19(18-13)12-7-5-4-6-8-12/h4-10,14H,1-3H3,(H,17,20)(H,21,22)/t14-/m0/s1. The van der Waals surface area contributed by atoms with Crippen molar-refractivity contribution in [3.63, 3.8) is 0 Å². The fourth-order valence-electron chi connectivity index (χ4n) is 2.14. The monoisotopic (exact) mass is 301 g/mol. The summed E-state index contributed by atoms with van der Waals surface area (Å²) < 4.78 is 1.65. The van der Waals surface area contributed by atoms with Crippen LogP contribution in [0.3, 0.4) is 0 Å². The first-order valence-electron chi connectivity index (χ1n) is 7.06. The fraction of sp³-hybridized carbons (Fsp3) is 0.312. The minimum Gasteiger partial charge on any atom is -0.480 e. The van der Waals surface area contributed by atoms with Crippen LogP contribution in [0.15, 0.2) is 36.4 Å². The maximum Gasteiger partial charge on any atom is 0.326 e. The average Bonchev–Trinajstić information content (AvgIpc) is 2.87. The number of para-hydroxylation sites is 1. The van der Waals surface area contributed by atoms with Gasteiger partial charge in [-0.05, 0) is 31.0 Å². The summed E-state index contributed by atoms with van der Waals surface area (Å²) >= 11 is 0. The number of carboxylic acids is 1. The van der Waals surface area contributed by atoms with Gasteiger partial charge in [-0.2, -0.15) is 5.10 Å². The van der Waals surface area contributed by atoms with Gasteiger partial charge in [-0.1, -0.05) is 32.0 Å². The molecule has 0 fully saturated rings. The maximum atomic E-state index is 12.2. The highest BCUT2D eigenvalue weighted by atomic mass is 16.4. The van der Waals surface area contributed by atoms with Crippen LogP contribution in [0.5, 0.6) is 0 Å². The summed E-state index contributed by atoms with van der Waals surface area (Å²) in [6.45, 7) is 5.33. The number of benzene rings is 1. The lowest BCUT2D eigenvalue weighted by Gasteiger charge is -2.16. The van der Waals surface area contributed by atoms with Gasteiger partial charge in [0.15, 0.2) is 5.69 Å². The van der Waals surface area contributed by atoms with Gasteiger partial charge in [-0.15, -0.1) is 0 Å². The second-order valence-electron chi connectivity index (χ2n) is 5.45. The van der Waals surface area contributed by atoms with Crippen LogP contribution in [0.25, 0.3) is 5.69 Å². The third-order valence-corrected chi connectivity index (χ3v) is 3.34.